The van der Waals surface area contributed by atoms with Crippen LogP contribution in [0.5, 0.6) is 5.75 Å². The van der Waals surface area contributed by atoms with Gasteiger partial charge in [-0.05, 0) is 19.2 Å². The molecular weight excluding hydrogens is 226 g/mol. The lowest BCUT2D eigenvalue weighted by atomic mass is 10.3. The second-order valence-electron chi connectivity index (χ2n) is 2.50. The third-order valence-corrected chi connectivity index (χ3v) is 3.59. The Bertz CT molecular complexity index is 430. The van der Waals surface area contributed by atoms with Gasteiger partial charge in [-0.1, -0.05) is 11.6 Å². The van der Waals surface area contributed by atoms with Crippen molar-refractivity contribution in [2.45, 2.75) is 4.90 Å². The standard InChI is InChI=1S/C8H10ClNO3S/c1-10-14(11,12)8-5-6(13-2)3-4-7(8)9/h3-5,10H,1-2H3. The Labute approximate surface area is 87.9 Å². The summed E-state index contributed by atoms with van der Waals surface area (Å²) in [5.41, 5.74) is 0. The predicted octanol–water partition coefficient (Wildman–Crippen LogP) is 1.26. The normalized spacial score (nSPS) is 11.4. The van der Waals surface area contributed by atoms with Gasteiger partial charge in [-0.3, -0.25) is 0 Å². The van der Waals surface area contributed by atoms with E-state index in [0.29, 0.717) is 5.75 Å². The van der Waals surface area contributed by atoms with Crippen LogP contribution in [0.3, 0.4) is 0 Å². The van der Waals surface area contributed by atoms with Crippen LogP contribution in [0.1, 0.15) is 0 Å². The fourth-order valence-electron chi connectivity index (χ4n) is 0.927. The molecule has 78 valence electrons. The van der Waals surface area contributed by atoms with Gasteiger partial charge in [0.15, 0.2) is 0 Å². The Morgan fingerprint density at radius 2 is 2.07 bits per heavy atom. The number of methoxy groups -OCH3 is 1. The van der Waals surface area contributed by atoms with Crippen molar-refractivity contribution in [1.29, 1.82) is 0 Å². The average Bonchev–Trinajstić information content (AvgIpc) is 2.18. The van der Waals surface area contributed by atoms with Crippen molar-refractivity contribution >= 4 is 21.6 Å². The zero-order valence-electron chi connectivity index (χ0n) is 7.74. The highest BCUT2D eigenvalue weighted by Crippen LogP contribution is 2.25. The Morgan fingerprint density at radius 1 is 1.43 bits per heavy atom. The third-order valence-electron chi connectivity index (χ3n) is 1.70. The Hall–Kier alpha value is -0.780. The van der Waals surface area contributed by atoms with Crippen molar-refractivity contribution in [3.63, 3.8) is 0 Å². The van der Waals surface area contributed by atoms with Crippen molar-refractivity contribution in [1.82, 2.24) is 4.72 Å². The summed E-state index contributed by atoms with van der Waals surface area (Å²) >= 11 is 5.74. The molecule has 0 spiro atoms. The SMILES string of the molecule is CNS(=O)(=O)c1cc(OC)ccc1Cl. The molecule has 1 aromatic rings. The summed E-state index contributed by atoms with van der Waals surface area (Å²) in [6, 6.07) is 4.44. The monoisotopic (exact) mass is 235 g/mol. The molecule has 0 aliphatic rings. The van der Waals surface area contributed by atoms with E-state index in [0.717, 1.165) is 0 Å². The molecule has 6 heteroatoms. The number of nitrogens with one attached hydrogen (secondary N) is 1. The summed E-state index contributed by atoms with van der Waals surface area (Å²) < 4.78 is 30.0. The van der Waals surface area contributed by atoms with Gasteiger partial charge in [-0.15, -0.1) is 0 Å². The molecule has 0 saturated carbocycles. The molecule has 0 atom stereocenters. The quantitative estimate of drug-likeness (QED) is 0.858. The highest BCUT2D eigenvalue weighted by Gasteiger charge is 2.16. The van der Waals surface area contributed by atoms with Gasteiger partial charge in [0.2, 0.25) is 10.0 Å². The minimum absolute atomic E-state index is 0.0148. The number of halogens is 1. The maximum Gasteiger partial charge on any atom is 0.241 e. The van der Waals surface area contributed by atoms with Gasteiger partial charge in [0.1, 0.15) is 10.6 Å². The molecule has 0 saturated heterocycles. The first-order chi connectivity index (χ1) is 6.51. The highest BCUT2D eigenvalue weighted by molar-refractivity contribution is 7.89. The third kappa shape index (κ3) is 2.17. The Kier molecular flexibility index (Phi) is 3.36. The number of hydrogen-bond acceptors (Lipinski definition) is 3. The van der Waals surface area contributed by atoms with Crippen molar-refractivity contribution in [2.75, 3.05) is 14.2 Å². The van der Waals surface area contributed by atoms with Crippen LogP contribution < -0.4 is 9.46 Å². The maximum atomic E-state index is 11.4. The molecule has 0 amide bonds. The van der Waals surface area contributed by atoms with Crippen LogP contribution in [0.25, 0.3) is 0 Å². The van der Waals surface area contributed by atoms with E-state index in [1.807, 2.05) is 0 Å². The molecule has 0 unspecified atom stereocenters. The summed E-state index contributed by atoms with van der Waals surface area (Å²) in [4.78, 5) is 0.0148. The molecule has 0 aromatic heterocycles. The van der Waals surface area contributed by atoms with Crippen LogP contribution in [-0.4, -0.2) is 22.6 Å². The van der Waals surface area contributed by atoms with E-state index in [1.54, 1.807) is 6.07 Å². The molecule has 14 heavy (non-hydrogen) atoms. The minimum atomic E-state index is -3.52. The lowest BCUT2D eigenvalue weighted by Crippen LogP contribution is -2.18. The van der Waals surface area contributed by atoms with E-state index < -0.39 is 10.0 Å². The summed E-state index contributed by atoms with van der Waals surface area (Å²) in [5.74, 6) is 0.447. The summed E-state index contributed by atoms with van der Waals surface area (Å²) in [7, 11) is -0.742. The highest BCUT2D eigenvalue weighted by atomic mass is 35.5. The second-order valence-corrected chi connectivity index (χ2v) is 4.77. The summed E-state index contributed by atoms with van der Waals surface area (Å²) in [6.07, 6.45) is 0. The summed E-state index contributed by atoms with van der Waals surface area (Å²) in [5, 5.41) is 0.167. The van der Waals surface area contributed by atoms with Crippen LogP contribution in [0.4, 0.5) is 0 Å². The predicted molar refractivity (Wildman–Crippen MR) is 54.2 cm³/mol. The van der Waals surface area contributed by atoms with Gasteiger partial charge in [-0.2, -0.15) is 0 Å². The van der Waals surface area contributed by atoms with E-state index in [9.17, 15) is 8.42 Å². The van der Waals surface area contributed by atoms with E-state index in [2.05, 4.69) is 4.72 Å². The fourth-order valence-corrected chi connectivity index (χ4v) is 2.16. The molecule has 0 radical (unpaired) electrons. The molecular formula is C8H10ClNO3S. The topological polar surface area (TPSA) is 55.4 Å². The second kappa shape index (κ2) is 4.16. The van der Waals surface area contributed by atoms with E-state index in [4.69, 9.17) is 16.3 Å². The van der Waals surface area contributed by atoms with Crippen molar-refractivity contribution < 1.29 is 13.2 Å². The smallest absolute Gasteiger partial charge is 0.241 e. The first-order valence-corrected chi connectivity index (χ1v) is 5.64. The van der Waals surface area contributed by atoms with E-state index in [-0.39, 0.29) is 9.92 Å². The number of sulfonamides is 1. The first kappa shape index (κ1) is 11.3. The number of rotatable bonds is 3. The van der Waals surface area contributed by atoms with Crippen LogP contribution in [-0.2, 0) is 10.0 Å². The molecule has 1 N–H and O–H groups in total. The van der Waals surface area contributed by atoms with Crippen LogP contribution in [0.15, 0.2) is 23.1 Å². The van der Waals surface area contributed by atoms with Crippen molar-refractivity contribution in [3.8, 4) is 5.75 Å². The minimum Gasteiger partial charge on any atom is -0.497 e. The molecule has 1 aromatic carbocycles. The first-order valence-electron chi connectivity index (χ1n) is 3.78. The van der Waals surface area contributed by atoms with Gasteiger partial charge in [0, 0.05) is 6.07 Å². The Morgan fingerprint density at radius 3 is 2.57 bits per heavy atom. The van der Waals surface area contributed by atoms with Crippen molar-refractivity contribution in [3.05, 3.63) is 23.2 Å². The molecule has 0 heterocycles. The van der Waals surface area contributed by atoms with Gasteiger partial charge in [0.05, 0.1) is 12.1 Å². The lowest BCUT2D eigenvalue weighted by Gasteiger charge is -2.06. The molecule has 4 nitrogen and oxygen atoms in total. The van der Waals surface area contributed by atoms with Gasteiger partial charge < -0.3 is 4.74 Å². The Balaban J connectivity index is 3.33. The number of benzene rings is 1. The van der Waals surface area contributed by atoms with Crippen LogP contribution in [0, 0.1) is 0 Å². The van der Waals surface area contributed by atoms with E-state index in [1.165, 1.54) is 26.3 Å². The maximum absolute atomic E-state index is 11.4. The molecule has 0 aliphatic heterocycles. The van der Waals surface area contributed by atoms with E-state index >= 15 is 0 Å². The largest absolute Gasteiger partial charge is 0.497 e. The molecule has 0 fully saturated rings. The zero-order chi connectivity index (χ0) is 10.8. The zero-order valence-corrected chi connectivity index (χ0v) is 9.32. The average molecular weight is 236 g/mol. The molecule has 1 rings (SSSR count). The van der Waals surface area contributed by atoms with Crippen molar-refractivity contribution in [2.24, 2.45) is 0 Å². The number of ether oxygens (including phenoxy) is 1. The van der Waals surface area contributed by atoms with Gasteiger partial charge in [0.25, 0.3) is 0 Å². The van der Waals surface area contributed by atoms with Gasteiger partial charge >= 0.3 is 0 Å². The van der Waals surface area contributed by atoms with Crippen LogP contribution in [0.2, 0.25) is 5.02 Å². The lowest BCUT2D eigenvalue weighted by molar-refractivity contribution is 0.413. The number of hydrogen-bond donors (Lipinski definition) is 1. The van der Waals surface area contributed by atoms with Gasteiger partial charge in [-0.25, -0.2) is 13.1 Å². The summed E-state index contributed by atoms with van der Waals surface area (Å²) in [6.45, 7) is 0. The fraction of sp³-hybridized carbons (Fsp3) is 0.250. The molecule has 0 aliphatic carbocycles. The molecule has 0 bridgehead atoms. The van der Waals surface area contributed by atoms with Crippen LogP contribution >= 0.6 is 11.6 Å².